The van der Waals surface area contributed by atoms with Crippen LogP contribution in [0.15, 0.2) is 55.6 Å². The number of benzene rings is 1. The molecule has 1 aromatic rings. The molecule has 170 valence electrons. The predicted octanol–water partition coefficient (Wildman–Crippen LogP) is 0.383. The van der Waals surface area contributed by atoms with E-state index < -0.39 is 17.2 Å². The number of rotatable bonds is 4. The van der Waals surface area contributed by atoms with E-state index in [1.165, 1.54) is 0 Å². The van der Waals surface area contributed by atoms with Gasteiger partial charge in [0.1, 0.15) is 17.9 Å². The number of guanidine groups is 2. The molecule has 0 saturated heterocycles. The summed E-state index contributed by atoms with van der Waals surface area (Å²) in [7, 11) is 0. The summed E-state index contributed by atoms with van der Waals surface area (Å²) in [5.74, 6) is 0.00361. The maximum Gasteiger partial charge on any atom is 0.212 e. The van der Waals surface area contributed by atoms with Crippen LogP contribution in [0.25, 0.3) is 0 Å². The number of carbonyl (C=O) groups is 2. The minimum Gasteiger partial charge on any atom is -0.353 e. The summed E-state index contributed by atoms with van der Waals surface area (Å²) >= 11 is 6.88. The van der Waals surface area contributed by atoms with Crippen molar-refractivity contribution in [3.63, 3.8) is 0 Å². The number of alkyl halides is 1. The van der Waals surface area contributed by atoms with E-state index >= 15 is 0 Å². The van der Waals surface area contributed by atoms with Gasteiger partial charge in [-0.1, -0.05) is 24.3 Å². The second-order valence-corrected chi connectivity index (χ2v) is 8.41. The lowest BCUT2D eigenvalue weighted by Crippen LogP contribution is -2.42. The van der Waals surface area contributed by atoms with Crippen LogP contribution >= 0.6 is 11.6 Å². The molecule has 5 rings (SSSR count). The van der Waals surface area contributed by atoms with Crippen molar-refractivity contribution >= 4 is 47.5 Å². The van der Waals surface area contributed by atoms with E-state index in [0.717, 1.165) is 35.8 Å². The number of fused-ring (bicyclic) bond motifs is 1. The molecule has 0 amide bonds. The maximum absolute atomic E-state index is 12.3. The number of allylic oxidation sites excluding steroid dienone is 2. The Labute approximate surface area is 195 Å². The normalized spacial score (nSPS) is 28.3. The van der Waals surface area contributed by atoms with Gasteiger partial charge in [0.2, 0.25) is 11.9 Å². The number of aldehydes is 2. The van der Waals surface area contributed by atoms with Gasteiger partial charge in [0.05, 0.1) is 36.3 Å². The Bertz CT molecular complexity index is 1140. The first-order chi connectivity index (χ1) is 16.2. The Morgan fingerprint density at radius 3 is 2.12 bits per heavy atom. The van der Waals surface area contributed by atoms with Gasteiger partial charge in [-0.15, -0.1) is 11.6 Å². The number of carbonyl (C=O) groups excluding carboxylic acids is 2. The molecule has 2 heterocycles. The van der Waals surface area contributed by atoms with Gasteiger partial charge >= 0.3 is 0 Å². The van der Waals surface area contributed by atoms with E-state index in [2.05, 4.69) is 41.7 Å². The molecule has 10 nitrogen and oxygen atoms in total. The minimum absolute atomic E-state index is 0.337. The Morgan fingerprint density at radius 2 is 1.55 bits per heavy atom. The summed E-state index contributed by atoms with van der Waals surface area (Å²) in [6.07, 6.45) is 2.13. The van der Waals surface area contributed by atoms with Crippen molar-refractivity contribution in [3.8, 4) is 0 Å². The molecule has 1 aromatic carbocycles. The number of aliphatic imine (C=N–C) groups is 2. The van der Waals surface area contributed by atoms with Gasteiger partial charge in [-0.25, -0.2) is 20.8 Å². The number of hydrazone groups is 2. The minimum atomic E-state index is -0.715. The van der Waals surface area contributed by atoms with Crippen LogP contribution in [0.5, 0.6) is 0 Å². The lowest BCUT2D eigenvalue weighted by molar-refractivity contribution is -0.109. The van der Waals surface area contributed by atoms with Gasteiger partial charge in [0.15, 0.2) is 0 Å². The SMILES string of the molecule is O=CC1C2=C(C(=NNC3=NCCN3)C(Cl)C(=NNC3=NCCN3)C2)C(C=O)c2ccccc21. The summed E-state index contributed by atoms with van der Waals surface area (Å²) in [5.41, 5.74) is 9.95. The van der Waals surface area contributed by atoms with Crippen LogP contribution in [0, 0.1) is 0 Å². The average molecular weight is 467 g/mol. The molecule has 33 heavy (non-hydrogen) atoms. The Hall–Kier alpha value is -3.53. The monoisotopic (exact) mass is 466 g/mol. The largest absolute Gasteiger partial charge is 0.353 e. The Kier molecular flexibility index (Phi) is 5.91. The van der Waals surface area contributed by atoms with Crippen molar-refractivity contribution in [1.29, 1.82) is 0 Å². The molecule has 4 N–H and O–H groups in total. The van der Waals surface area contributed by atoms with E-state index in [9.17, 15) is 9.59 Å². The molecular formula is C22H23ClN8O2. The zero-order chi connectivity index (χ0) is 22.8. The highest BCUT2D eigenvalue weighted by Crippen LogP contribution is 2.46. The number of hydrogen-bond donors (Lipinski definition) is 4. The van der Waals surface area contributed by atoms with E-state index in [1.54, 1.807) is 0 Å². The number of nitrogens with one attached hydrogen (secondary N) is 4. The summed E-state index contributed by atoms with van der Waals surface area (Å²) in [6.45, 7) is 2.77. The van der Waals surface area contributed by atoms with Crippen LogP contribution in [0.4, 0.5) is 0 Å². The van der Waals surface area contributed by atoms with Crippen molar-refractivity contribution in [2.24, 2.45) is 20.2 Å². The highest BCUT2D eigenvalue weighted by Gasteiger charge is 2.43. The summed E-state index contributed by atoms with van der Waals surface area (Å²) < 4.78 is 0. The van der Waals surface area contributed by atoms with E-state index in [0.29, 0.717) is 55.0 Å². The summed E-state index contributed by atoms with van der Waals surface area (Å²) in [6, 6.07) is 7.50. The number of nitrogens with zero attached hydrogens (tertiary/aromatic N) is 4. The third kappa shape index (κ3) is 3.91. The maximum atomic E-state index is 12.3. The lowest BCUT2D eigenvalue weighted by atomic mass is 9.67. The van der Waals surface area contributed by atoms with Crippen LogP contribution in [-0.4, -0.2) is 67.5 Å². The molecule has 2 aliphatic heterocycles. The van der Waals surface area contributed by atoms with Gasteiger partial charge in [-0.3, -0.25) is 0 Å². The fraction of sp³-hybridized carbons (Fsp3) is 0.364. The fourth-order valence-corrected chi connectivity index (χ4v) is 4.88. The van der Waals surface area contributed by atoms with Crippen LogP contribution < -0.4 is 21.5 Å². The topological polar surface area (TPSA) is 132 Å². The molecule has 4 aliphatic rings. The molecular weight excluding hydrogens is 444 g/mol. The zero-order valence-corrected chi connectivity index (χ0v) is 18.5. The number of halogens is 1. The molecule has 0 radical (unpaired) electrons. The second-order valence-electron chi connectivity index (χ2n) is 7.97. The van der Waals surface area contributed by atoms with Crippen molar-refractivity contribution in [1.82, 2.24) is 21.5 Å². The second kappa shape index (κ2) is 9.14. The van der Waals surface area contributed by atoms with E-state index in [-0.39, 0.29) is 0 Å². The van der Waals surface area contributed by atoms with Crippen LogP contribution in [0.3, 0.4) is 0 Å². The summed E-state index contributed by atoms with van der Waals surface area (Å²) in [4.78, 5) is 33.2. The van der Waals surface area contributed by atoms with Crippen molar-refractivity contribution in [2.75, 3.05) is 26.2 Å². The molecule has 0 aromatic heterocycles. The lowest BCUT2D eigenvalue weighted by Gasteiger charge is -2.37. The smallest absolute Gasteiger partial charge is 0.212 e. The van der Waals surface area contributed by atoms with E-state index in [4.69, 9.17) is 11.6 Å². The van der Waals surface area contributed by atoms with Gasteiger partial charge in [0.25, 0.3) is 0 Å². The zero-order valence-electron chi connectivity index (χ0n) is 17.7. The molecule has 0 spiro atoms. The number of hydrogen-bond acceptors (Lipinski definition) is 10. The average Bonchev–Trinajstić information content (AvgIpc) is 3.55. The van der Waals surface area contributed by atoms with Crippen molar-refractivity contribution in [3.05, 3.63) is 46.5 Å². The first kappa shape index (κ1) is 21.3. The quantitative estimate of drug-likeness (QED) is 0.288. The van der Waals surface area contributed by atoms with Crippen LogP contribution in [-0.2, 0) is 9.59 Å². The van der Waals surface area contributed by atoms with Crippen LogP contribution in [0.1, 0.15) is 29.4 Å². The van der Waals surface area contributed by atoms with E-state index in [1.807, 2.05) is 24.3 Å². The molecule has 0 bridgehead atoms. The van der Waals surface area contributed by atoms with Gasteiger partial charge in [0, 0.05) is 19.5 Å². The standard InChI is InChI=1S/C22H23ClN8O2/c23-19-17(28-30-21-24-5-6-25-21)9-14-15(10-32)12-3-1-2-4-13(12)16(11-33)18(14)20(19)29-31-22-26-7-8-27-22/h1-4,10-11,15-16,19H,5-9H2,(H2,24,25,30)(H2,26,27,31). The van der Waals surface area contributed by atoms with Crippen LogP contribution in [0.2, 0.25) is 0 Å². The fourth-order valence-electron chi connectivity index (χ4n) is 4.59. The van der Waals surface area contributed by atoms with Crippen molar-refractivity contribution in [2.45, 2.75) is 23.6 Å². The molecule has 3 atom stereocenters. The summed E-state index contributed by atoms with van der Waals surface area (Å²) in [5, 5.41) is 14.5. The molecule has 0 saturated carbocycles. The molecule has 2 aliphatic carbocycles. The highest BCUT2D eigenvalue weighted by atomic mass is 35.5. The molecule has 11 heteroatoms. The van der Waals surface area contributed by atoms with Gasteiger partial charge < -0.3 is 20.2 Å². The van der Waals surface area contributed by atoms with Gasteiger partial charge in [-0.05, 0) is 22.3 Å². The predicted molar refractivity (Wildman–Crippen MR) is 127 cm³/mol. The Morgan fingerprint density at radius 1 is 0.939 bits per heavy atom. The van der Waals surface area contributed by atoms with Gasteiger partial charge in [-0.2, -0.15) is 10.2 Å². The highest BCUT2D eigenvalue weighted by molar-refractivity contribution is 6.48. The Balaban J connectivity index is 1.61. The van der Waals surface area contributed by atoms with Crippen molar-refractivity contribution < 1.29 is 9.59 Å². The third-order valence-corrected chi connectivity index (χ3v) is 6.55. The first-order valence-electron chi connectivity index (χ1n) is 10.8. The first-order valence-corrected chi connectivity index (χ1v) is 11.2. The third-order valence-electron chi connectivity index (χ3n) is 6.09. The molecule has 3 unspecified atom stereocenters. The molecule has 0 fully saturated rings.